The summed E-state index contributed by atoms with van der Waals surface area (Å²) in [6, 6.07) is 6.17. The van der Waals surface area contributed by atoms with E-state index in [0.29, 0.717) is 44.5 Å². The first-order valence-electron chi connectivity index (χ1n) is 12.6. The number of likely N-dealkylation sites (tertiary alicyclic amines) is 1. The first-order valence-corrected chi connectivity index (χ1v) is 13.7. The second-order valence-electron chi connectivity index (χ2n) is 9.60. The topological polar surface area (TPSA) is 102 Å². The Labute approximate surface area is 226 Å². The smallest absolute Gasteiger partial charge is 0.267 e. The molecule has 0 spiro atoms. The molecule has 2 saturated heterocycles. The number of aryl methyl sites for hydroxylation is 2. The molecule has 2 aliphatic rings. The predicted octanol–water partition coefficient (Wildman–Crippen LogP) is 3.81. The van der Waals surface area contributed by atoms with Crippen molar-refractivity contribution in [2.75, 3.05) is 61.8 Å². The number of thiazole rings is 1. The van der Waals surface area contributed by atoms with Gasteiger partial charge in [0.1, 0.15) is 10.7 Å². The lowest BCUT2D eigenvalue weighted by Crippen LogP contribution is -2.53. The van der Waals surface area contributed by atoms with Crippen molar-refractivity contribution in [3.63, 3.8) is 0 Å². The van der Waals surface area contributed by atoms with E-state index >= 15 is 0 Å². The fraction of sp³-hybridized carbons (Fsp3) is 0.480. The summed E-state index contributed by atoms with van der Waals surface area (Å²) in [6.45, 7) is 9.90. The number of carbonyl (C=O) groups excluding carboxylic acids is 1. The van der Waals surface area contributed by atoms with Gasteiger partial charge >= 0.3 is 0 Å². The van der Waals surface area contributed by atoms with Crippen LogP contribution in [0, 0.1) is 13.8 Å². The molecular formula is C25H32ClN9OS. The normalized spacial score (nSPS) is 17.7. The molecular weight excluding hydrogens is 510 g/mol. The molecule has 3 aromatic rings. The average Bonchev–Trinajstić information content (AvgIpc) is 3.35. The predicted molar refractivity (Wildman–Crippen MR) is 148 cm³/mol. The molecule has 2 aromatic heterocycles. The largest absolute Gasteiger partial charge is 0.338 e. The molecule has 0 bridgehead atoms. The number of halogens is 1. The van der Waals surface area contributed by atoms with Gasteiger partial charge in [-0.25, -0.2) is 4.98 Å². The van der Waals surface area contributed by atoms with E-state index in [9.17, 15) is 4.79 Å². The molecule has 5 rings (SSSR count). The number of piperidine rings is 1. The lowest BCUT2D eigenvalue weighted by atomic mass is 10.0. The number of piperazine rings is 1. The Bertz CT molecular complexity index is 1230. The number of hydrogen-bond donors (Lipinski definition) is 2. The minimum absolute atomic E-state index is 0.267. The summed E-state index contributed by atoms with van der Waals surface area (Å²) in [5, 5.41) is 7.06. The third-order valence-corrected chi connectivity index (χ3v) is 8.17. The first kappa shape index (κ1) is 25.8. The van der Waals surface area contributed by atoms with Gasteiger partial charge < -0.3 is 15.1 Å². The Kier molecular flexibility index (Phi) is 7.84. The minimum atomic E-state index is -0.267. The summed E-state index contributed by atoms with van der Waals surface area (Å²) < 4.78 is 0. The van der Waals surface area contributed by atoms with E-state index in [0.717, 1.165) is 31.7 Å². The summed E-state index contributed by atoms with van der Waals surface area (Å²) in [5.41, 5.74) is 1.50. The first-order chi connectivity index (χ1) is 17.9. The molecule has 2 aliphatic heterocycles. The number of aromatic nitrogens is 4. The maximum Gasteiger partial charge on any atom is 0.267 e. The van der Waals surface area contributed by atoms with Crippen LogP contribution in [0.1, 0.15) is 33.9 Å². The van der Waals surface area contributed by atoms with Gasteiger partial charge in [0.05, 0.1) is 16.9 Å². The van der Waals surface area contributed by atoms with E-state index in [1.54, 1.807) is 6.07 Å². The molecule has 1 amide bonds. The number of carbonyl (C=O) groups is 1. The Morgan fingerprint density at radius 3 is 2.54 bits per heavy atom. The van der Waals surface area contributed by atoms with Crippen LogP contribution in [0.15, 0.2) is 24.4 Å². The van der Waals surface area contributed by atoms with Gasteiger partial charge in [0.2, 0.25) is 11.9 Å². The molecule has 4 heterocycles. The monoisotopic (exact) mass is 541 g/mol. The van der Waals surface area contributed by atoms with Gasteiger partial charge in [-0.15, -0.1) is 0 Å². The quantitative estimate of drug-likeness (QED) is 0.482. The standard InChI is InChI=1S/C25H32ClN9OS/c1-16-5-4-6-19(26)21(16)30-22(36)20-15-27-25(37-20)32-23-28-17(2)29-24(31-23)35-13-11-34(12-14-35)18-7-9-33(3)10-8-18/h4-6,15,18H,7-14H2,1-3H3,(H,30,36)(H,27,28,29,31,32). The number of rotatable bonds is 6. The van der Waals surface area contributed by atoms with Crippen LogP contribution in [0.2, 0.25) is 5.02 Å². The van der Waals surface area contributed by atoms with Crippen molar-refractivity contribution >= 4 is 51.6 Å². The third-order valence-electron chi connectivity index (χ3n) is 6.95. The molecule has 196 valence electrons. The van der Waals surface area contributed by atoms with Crippen LogP contribution in [0.25, 0.3) is 0 Å². The third kappa shape index (κ3) is 6.18. The molecule has 0 unspecified atom stereocenters. The van der Waals surface area contributed by atoms with Crippen LogP contribution >= 0.6 is 22.9 Å². The van der Waals surface area contributed by atoms with Crippen molar-refractivity contribution in [3.05, 3.63) is 45.7 Å². The van der Waals surface area contributed by atoms with E-state index in [1.165, 1.54) is 43.5 Å². The molecule has 0 aliphatic carbocycles. The lowest BCUT2D eigenvalue weighted by Gasteiger charge is -2.42. The van der Waals surface area contributed by atoms with Crippen molar-refractivity contribution in [2.45, 2.75) is 32.7 Å². The van der Waals surface area contributed by atoms with Gasteiger partial charge in [0, 0.05) is 32.2 Å². The summed E-state index contributed by atoms with van der Waals surface area (Å²) >= 11 is 7.48. The van der Waals surface area contributed by atoms with E-state index in [2.05, 4.69) is 52.3 Å². The van der Waals surface area contributed by atoms with E-state index in [-0.39, 0.29) is 5.91 Å². The highest BCUT2D eigenvalue weighted by atomic mass is 35.5. The number of nitrogens with zero attached hydrogens (tertiary/aromatic N) is 7. The second kappa shape index (κ2) is 11.3. The molecule has 37 heavy (non-hydrogen) atoms. The number of anilines is 4. The van der Waals surface area contributed by atoms with Crippen molar-refractivity contribution in [1.29, 1.82) is 0 Å². The van der Waals surface area contributed by atoms with Crippen LogP contribution in [0.5, 0.6) is 0 Å². The highest BCUT2D eigenvalue weighted by Gasteiger charge is 2.27. The number of amides is 1. The number of benzene rings is 1. The highest BCUT2D eigenvalue weighted by Crippen LogP contribution is 2.28. The lowest BCUT2D eigenvalue weighted by molar-refractivity contribution is 0.103. The van der Waals surface area contributed by atoms with E-state index < -0.39 is 0 Å². The Morgan fingerprint density at radius 2 is 1.81 bits per heavy atom. The van der Waals surface area contributed by atoms with Crippen molar-refractivity contribution < 1.29 is 4.79 Å². The van der Waals surface area contributed by atoms with Crippen molar-refractivity contribution in [3.8, 4) is 0 Å². The van der Waals surface area contributed by atoms with Gasteiger partial charge in [-0.2, -0.15) is 15.0 Å². The fourth-order valence-electron chi connectivity index (χ4n) is 4.81. The molecule has 2 N–H and O–H groups in total. The molecule has 10 nitrogen and oxygen atoms in total. The van der Waals surface area contributed by atoms with Gasteiger partial charge in [-0.1, -0.05) is 35.1 Å². The Balaban J connectivity index is 1.21. The molecule has 0 atom stereocenters. The number of nitrogens with one attached hydrogen (secondary N) is 2. The van der Waals surface area contributed by atoms with Crippen LogP contribution in [0.3, 0.4) is 0 Å². The van der Waals surface area contributed by atoms with Crippen LogP contribution in [-0.4, -0.2) is 88.0 Å². The summed E-state index contributed by atoms with van der Waals surface area (Å²) in [6.07, 6.45) is 4.01. The van der Waals surface area contributed by atoms with Gasteiger partial charge in [-0.3, -0.25) is 15.0 Å². The Hall–Kier alpha value is -2.86. The second-order valence-corrected chi connectivity index (χ2v) is 11.0. The van der Waals surface area contributed by atoms with E-state index in [4.69, 9.17) is 11.6 Å². The molecule has 0 saturated carbocycles. The number of para-hydroxylation sites is 1. The molecule has 0 radical (unpaired) electrons. The minimum Gasteiger partial charge on any atom is -0.338 e. The summed E-state index contributed by atoms with van der Waals surface area (Å²) in [7, 11) is 2.20. The molecule has 1 aromatic carbocycles. The maximum absolute atomic E-state index is 12.8. The van der Waals surface area contributed by atoms with Crippen LogP contribution in [-0.2, 0) is 0 Å². The molecule has 2 fully saturated rings. The van der Waals surface area contributed by atoms with Gasteiger partial charge in [0.25, 0.3) is 5.91 Å². The van der Waals surface area contributed by atoms with Crippen molar-refractivity contribution in [1.82, 2.24) is 29.7 Å². The summed E-state index contributed by atoms with van der Waals surface area (Å²) in [5.74, 6) is 1.45. The molecule has 12 heteroatoms. The highest BCUT2D eigenvalue weighted by molar-refractivity contribution is 7.17. The maximum atomic E-state index is 12.8. The fourth-order valence-corrected chi connectivity index (χ4v) is 5.78. The number of hydrogen-bond acceptors (Lipinski definition) is 10. The van der Waals surface area contributed by atoms with Crippen LogP contribution in [0.4, 0.5) is 22.7 Å². The zero-order chi connectivity index (χ0) is 25.9. The van der Waals surface area contributed by atoms with E-state index in [1.807, 2.05) is 26.0 Å². The van der Waals surface area contributed by atoms with Crippen molar-refractivity contribution in [2.24, 2.45) is 0 Å². The van der Waals surface area contributed by atoms with Gasteiger partial charge in [-0.05, 0) is 58.5 Å². The van der Waals surface area contributed by atoms with Gasteiger partial charge in [0.15, 0.2) is 5.13 Å². The van der Waals surface area contributed by atoms with Crippen LogP contribution < -0.4 is 15.5 Å². The average molecular weight is 542 g/mol. The zero-order valence-corrected chi connectivity index (χ0v) is 22.9. The summed E-state index contributed by atoms with van der Waals surface area (Å²) in [4.78, 5) is 38.5. The SMILES string of the molecule is Cc1nc(Nc2ncc(C(=O)Nc3c(C)cccc3Cl)s2)nc(N2CCN(C3CCN(C)CC3)CC2)n1. The zero-order valence-electron chi connectivity index (χ0n) is 21.4. The Morgan fingerprint density at radius 1 is 1.05 bits per heavy atom.